The summed E-state index contributed by atoms with van der Waals surface area (Å²) in [5, 5.41) is 0. The van der Waals surface area contributed by atoms with Gasteiger partial charge in [-0.05, 0) is 6.42 Å². The van der Waals surface area contributed by atoms with Crippen LogP contribution in [0.4, 0.5) is 4.79 Å². The van der Waals surface area contributed by atoms with E-state index < -0.39 is 12.3 Å². The summed E-state index contributed by atoms with van der Waals surface area (Å²) >= 11 is 2.01. The molecule has 14 heavy (non-hydrogen) atoms. The average Bonchev–Trinajstić information content (AvgIpc) is 2.59. The molecule has 0 saturated carbocycles. The van der Waals surface area contributed by atoms with E-state index in [0.717, 1.165) is 6.42 Å². The Morgan fingerprint density at radius 1 is 1.79 bits per heavy atom. The first-order chi connectivity index (χ1) is 6.63. The standard InChI is InChI=1S/C8H11IO5/c1-2-6(9)7(10)12-3-5-4-13-8(11)14-5/h5-6H,2-4H2,1H3. The van der Waals surface area contributed by atoms with Crippen molar-refractivity contribution in [3.8, 4) is 0 Å². The predicted octanol–water partition coefficient (Wildman–Crippen LogP) is 1.28. The van der Waals surface area contributed by atoms with E-state index in [0.29, 0.717) is 0 Å². The number of alkyl halides is 1. The van der Waals surface area contributed by atoms with E-state index in [9.17, 15) is 9.59 Å². The predicted molar refractivity (Wildman–Crippen MR) is 55.3 cm³/mol. The number of carbonyl (C=O) groups is 2. The van der Waals surface area contributed by atoms with Crippen LogP contribution in [0.2, 0.25) is 0 Å². The highest BCUT2D eigenvalue weighted by molar-refractivity contribution is 14.1. The Bertz CT molecular complexity index is 230. The van der Waals surface area contributed by atoms with Crippen LogP contribution in [-0.4, -0.2) is 35.4 Å². The highest BCUT2D eigenvalue weighted by Gasteiger charge is 2.27. The summed E-state index contributed by atoms with van der Waals surface area (Å²) in [6.07, 6.45) is -0.431. The molecule has 0 aromatic heterocycles. The van der Waals surface area contributed by atoms with Crippen LogP contribution in [0.25, 0.3) is 0 Å². The first kappa shape index (κ1) is 11.5. The molecule has 0 aromatic rings. The van der Waals surface area contributed by atoms with Gasteiger partial charge >= 0.3 is 12.1 Å². The van der Waals surface area contributed by atoms with E-state index in [1.807, 2.05) is 29.5 Å². The van der Waals surface area contributed by atoms with Gasteiger partial charge < -0.3 is 14.2 Å². The molecule has 5 nitrogen and oxygen atoms in total. The molecule has 1 aliphatic rings. The minimum absolute atomic E-state index is 0.0735. The number of carbonyl (C=O) groups excluding carboxylic acids is 2. The largest absolute Gasteiger partial charge is 0.508 e. The third-order valence-corrected chi connectivity index (χ3v) is 3.06. The number of hydrogen-bond acceptors (Lipinski definition) is 5. The van der Waals surface area contributed by atoms with Crippen molar-refractivity contribution in [3.05, 3.63) is 0 Å². The molecule has 1 rings (SSSR count). The SMILES string of the molecule is CCC(I)C(=O)OCC1COC(=O)O1. The summed E-state index contributed by atoms with van der Waals surface area (Å²) < 4.78 is 14.0. The van der Waals surface area contributed by atoms with Crippen molar-refractivity contribution >= 4 is 34.7 Å². The quantitative estimate of drug-likeness (QED) is 0.444. The lowest BCUT2D eigenvalue weighted by Crippen LogP contribution is -2.24. The first-order valence-corrected chi connectivity index (χ1v) is 5.52. The molecule has 2 atom stereocenters. The zero-order chi connectivity index (χ0) is 10.6. The number of ether oxygens (including phenoxy) is 3. The molecule has 2 unspecified atom stereocenters. The van der Waals surface area contributed by atoms with Crippen molar-refractivity contribution < 1.29 is 23.8 Å². The Kier molecular flexibility index (Phi) is 4.43. The number of cyclic esters (lactones) is 2. The Labute approximate surface area is 95.2 Å². The van der Waals surface area contributed by atoms with Crippen LogP contribution in [0.1, 0.15) is 13.3 Å². The van der Waals surface area contributed by atoms with E-state index in [4.69, 9.17) is 4.74 Å². The monoisotopic (exact) mass is 314 g/mol. The van der Waals surface area contributed by atoms with Crippen LogP contribution in [-0.2, 0) is 19.0 Å². The van der Waals surface area contributed by atoms with Gasteiger partial charge in [-0.3, -0.25) is 4.79 Å². The number of rotatable bonds is 4. The molecule has 0 bridgehead atoms. The third-order valence-electron chi connectivity index (χ3n) is 1.68. The van der Waals surface area contributed by atoms with Crippen molar-refractivity contribution in [1.82, 2.24) is 0 Å². The molecule has 80 valence electrons. The van der Waals surface area contributed by atoms with Crippen LogP contribution in [0.5, 0.6) is 0 Å². The normalized spacial score (nSPS) is 22.4. The van der Waals surface area contributed by atoms with Gasteiger partial charge in [0.05, 0.1) is 0 Å². The lowest BCUT2D eigenvalue weighted by atomic mass is 10.3. The van der Waals surface area contributed by atoms with Crippen molar-refractivity contribution in [2.24, 2.45) is 0 Å². The van der Waals surface area contributed by atoms with Gasteiger partial charge in [0.15, 0.2) is 6.10 Å². The zero-order valence-electron chi connectivity index (χ0n) is 7.70. The van der Waals surface area contributed by atoms with Crippen LogP contribution in [0.15, 0.2) is 0 Å². The first-order valence-electron chi connectivity index (χ1n) is 4.27. The zero-order valence-corrected chi connectivity index (χ0v) is 9.85. The van der Waals surface area contributed by atoms with Crippen molar-refractivity contribution in [2.45, 2.75) is 23.4 Å². The molecule has 1 heterocycles. The highest BCUT2D eigenvalue weighted by atomic mass is 127. The minimum atomic E-state index is -0.701. The van der Waals surface area contributed by atoms with Crippen molar-refractivity contribution in [2.75, 3.05) is 13.2 Å². The Balaban J connectivity index is 2.20. The summed E-state index contributed by atoms with van der Waals surface area (Å²) in [6, 6.07) is 0. The van der Waals surface area contributed by atoms with Gasteiger partial charge in [-0.15, -0.1) is 0 Å². The summed E-state index contributed by atoms with van der Waals surface area (Å²) in [5.74, 6) is -0.281. The summed E-state index contributed by atoms with van der Waals surface area (Å²) in [6.45, 7) is 2.13. The fourth-order valence-corrected chi connectivity index (χ4v) is 1.06. The molecule has 0 N–H and O–H groups in total. The lowest BCUT2D eigenvalue weighted by molar-refractivity contribution is -0.145. The molecule has 0 aromatic carbocycles. The maximum Gasteiger partial charge on any atom is 0.508 e. The van der Waals surface area contributed by atoms with Gasteiger partial charge in [-0.2, -0.15) is 0 Å². The van der Waals surface area contributed by atoms with Gasteiger partial charge in [0, 0.05) is 0 Å². The van der Waals surface area contributed by atoms with Crippen LogP contribution in [0, 0.1) is 0 Å². The topological polar surface area (TPSA) is 61.8 Å². The maximum atomic E-state index is 11.2. The second kappa shape index (κ2) is 5.38. The summed E-state index contributed by atoms with van der Waals surface area (Å²) in [5.41, 5.74) is 0. The van der Waals surface area contributed by atoms with Crippen molar-refractivity contribution in [1.29, 1.82) is 0 Å². The minimum Gasteiger partial charge on any atom is -0.461 e. The molecule has 1 saturated heterocycles. The molecule has 0 radical (unpaired) electrons. The van der Waals surface area contributed by atoms with E-state index in [2.05, 4.69) is 9.47 Å². The number of hydrogen-bond donors (Lipinski definition) is 0. The van der Waals surface area contributed by atoms with E-state index >= 15 is 0 Å². The lowest BCUT2D eigenvalue weighted by Gasteiger charge is -2.10. The smallest absolute Gasteiger partial charge is 0.461 e. The molecule has 0 spiro atoms. The van der Waals surface area contributed by atoms with Gasteiger partial charge in [0.25, 0.3) is 0 Å². The van der Waals surface area contributed by atoms with E-state index in [1.165, 1.54) is 0 Å². The Morgan fingerprint density at radius 3 is 3.00 bits per heavy atom. The molecular formula is C8H11IO5. The molecular weight excluding hydrogens is 303 g/mol. The maximum absolute atomic E-state index is 11.2. The fraction of sp³-hybridized carbons (Fsp3) is 0.750. The second-order valence-electron chi connectivity index (χ2n) is 2.81. The molecule has 6 heteroatoms. The van der Waals surface area contributed by atoms with Gasteiger partial charge in [-0.25, -0.2) is 4.79 Å². The van der Waals surface area contributed by atoms with Crippen LogP contribution in [0.3, 0.4) is 0 Å². The second-order valence-corrected chi connectivity index (χ2v) is 4.31. The summed E-state index contributed by atoms with van der Waals surface area (Å²) in [4.78, 5) is 21.7. The van der Waals surface area contributed by atoms with E-state index in [-0.39, 0.29) is 23.1 Å². The van der Waals surface area contributed by atoms with Gasteiger partial charge in [0.2, 0.25) is 0 Å². The third kappa shape index (κ3) is 3.32. The van der Waals surface area contributed by atoms with Gasteiger partial charge in [-0.1, -0.05) is 29.5 Å². The van der Waals surface area contributed by atoms with Crippen LogP contribution < -0.4 is 0 Å². The summed E-state index contributed by atoms with van der Waals surface area (Å²) in [7, 11) is 0. The number of esters is 1. The Hall–Kier alpha value is -0.530. The average molecular weight is 314 g/mol. The molecule has 0 aliphatic carbocycles. The molecule has 1 aliphatic heterocycles. The molecule has 1 fully saturated rings. The highest BCUT2D eigenvalue weighted by Crippen LogP contribution is 2.10. The van der Waals surface area contributed by atoms with Gasteiger partial charge in [0.1, 0.15) is 17.1 Å². The van der Waals surface area contributed by atoms with Crippen LogP contribution >= 0.6 is 22.6 Å². The molecule has 0 amide bonds. The Morgan fingerprint density at radius 2 is 2.50 bits per heavy atom. The van der Waals surface area contributed by atoms with E-state index in [1.54, 1.807) is 0 Å². The fourth-order valence-electron chi connectivity index (χ4n) is 0.879. The van der Waals surface area contributed by atoms with Crippen molar-refractivity contribution in [3.63, 3.8) is 0 Å². The number of halogens is 1.